The molecule has 0 bridgehead atoms. The molecule has 1 heterocycles. The number of nitrogens with one attached hydrogen (secondary N) is 1. The lowest BCUT2D eigenvalue weighted by Crippen LogP contribution is -2.46. The molecule has 1 atom stereocenters. The van der Waals surface area contributed by atoms with E-state index >= 15 is 0 Å². The van der Waals surface area contributed by atoms with Crippen LogP contribution in [-0.2, 0) is 4.74 Å². The molecule has 0 saturated carbocycles. The Labute approximate surface area is 95.8 Å². The van der Waals surface area contributed by atoms with Gasteiger partial charge in [-0.1, -0.05) is 12.1 Å². The molecule has 1 aromatic carbocycles. The van der Waals surface area contributed by atoms with Gasteiger partial charge in [0, 0.05) is 19.1 Å². The maximum atomic E-state index is 9.41. The monoisotopic (exact) mass is 222 g/mol. The predicted molar refractivity (Wildman–Crippen MR) is 62.0 cm³/mol. The van der Waals surface area contributed by atoms with E-state index in [0.717, 1.165) is 31.9 Å². The van der Waals surface area contributed by atoms with Crippen molar-refractivity contribution in [3.63, 3.8) is 0 Å². The third kappa shape index (κ3) is 2.95. The van der Waals surface area contributed by atoms with Crippen LogP contribution in [-0.4, -0.2) is 36.4 Å². The fraction of sp³-hybridized carbons (Fsp3) is 0.500. The van der Waals surface area contributed by atoms with Gasteiger partial charge in [-0.15, -0.1) is 0 Å². The molecule has 1 unspecified atom stereocenters. The van der Waals surface area contributed by atoms with Crippen molar-refractivity contribution >= 4 is 0 Å². The van der Waals surface area contributed by atoms with Crippen LogP contribution >= 0.6 is 0 Å². The molecule has 1 aromatic rings. The third-order valence-electron chi connectivity index (χ3n) is 2.76. The molecule has 4 heteroatoms. The Hall–Kier alpha value is -1.10. The lowest BCUT2D eigenvalue weighted by atomic mass is 10.1. The highest BCUT2D eigenvalue weighted by atomic mass is 16.5. The standard InChI is InChI=1S/C12H18N2O2/c1-10(11-3-2-4-12(15)9-11)13-14-5-7-16-8-6-14/h2-4,9-10,13,15H,5-8H2,1H3. The first-order valence-electron chi connectivity index (χ1n) is 5.63. The van der Waals surface area contributed by atoms with Crippen molar-refractivity contribution in [3.05, 3.63) is 29.8 Å². The van der Waals surface area contributed by atoms with Crippen molar-refractivity contribution in [3.8, 4) is 5.75 Å². The second-order valence-electron chi connectivity index (χ2n) is 4.05. The van der Waals surface area contributed by atoms with Gasteiger partial charge in [0.05, 0.1) is 13.2 Å². The smallest absolute Gasteiger partial charge is 0.115 e. The summed E-state index contributed by atoms with van der Waals surface area (Å²) in [6, 6.07) is 7.55. The number of hydrogen-bond acceptors (Lipinski definition) is 4. The molecule has 1 fully saturated rings. The molecule has 4 nitrogen and oxygen atoms in total. The zero-order valence-corrected chi connectivity index (χ0v) is 9.52. The van der Waals surface area contributed by atoms with Crippen LogP contribution < -0.4 is 5.43 Å². The topological polar surface area (TPSA) is 44.7 Å². The molecular formula is C12H18N2O2. The number of hydrazine groups is 1. The molecule has 1 aliphatic heterocycles. The van der Waals surface area contributed by atoms with E-state index in [2.05, 4.69) is 17.4 Å². The van der Waals surface area contributed by atoms with E-state index in [0.29, 0.717) is 5.75 Å². The highest BCUT2D eigenvalue weighted by Gasteiger charge is 2.13. The summed E-state index contributed by atoms with van der Waals surface area (Å²) in [5, 5.41) is 11.6. The van der Waals surface area contributed by atoms with E-state index in [1.807, 2.05) is 12.1 Å². The van der Waals surface area contributed by atoms with Crippen LogP contribution in [0.1, 0.15) is 18.5 Å². The van der Waals surface area contributed by atoms with Gasteiger partial charge < -0.3 is 9.84 Å². The Morgan fingerprint density at radius 1 is 1.38 bits per heavy atom. The van der Waals surface area contributed by atoms with E-state index in [1.165, 1.54) is 0 Å². The molecule has 16 heavy (non-hydrogen) atoms. The van der Waals surface area contributed by atoms with Gasteiger partial charge >= 0.3 is 0 Å². The molecule has 0 radical (unpaired) electrons. The first kappa shape index (κ1) is 11.4. The predicted octanol–water partition coefficient (Wildman–Crippen LogP) is 1.29. The number of nitrogens with zero attached hydrogens (tertiary/aromatic N) is 1. The SMILES string of the molecule is CC(NN1CCOCC1)c1cccc(O)c1. The van der Waals surface area contributed by atoms with E-state index < -0.39 is 0 Å². The molecule has 0 aromatic heterocycles. The average molecular weight is 222 g/mol. The number of rotatable bonds is 3. The molecule has 88 valence electrons. The Morgan fingerprint density at radius 2 is 2.12 bits per heavy atom. The minimum absolute atomic E-state index is 0.199. The number of ether oxygens (including phenoxy) is 1. The molecule has 1 aliphatic rings. The summed E-state index contributed by atoms with van der Waals surface area (Å²) in [6.45, 7) is 5.45. The fourth-order valence-electron chi connectivity index (χ4n) is 1.83. The van der Waals surface area contributed by atoms with Gasteiger partial charge in [0.25, 0.3) is 0 Å². The highest BCUT2D eigenvalue weighted by molar-refractivity contribution is 5.28. The van der Waals surface area contributed by atoms with E-state index in [-0.39, 0.29) is 6.04 Å². The lowest BCUT2D eigenvalue weighted by molar-refractivity contribution is 0.00483. The Kier molecular flexibility index (Phi) is 3.77. The van der Waals surface area contributed by atoms with E-state index in [4.69, 9.17) is 4.74 Å². The van der Waals surface area contributed by atoms with E-state index in [1.54, 1.807) is 12.1 Å². The second-order valence-corrected chi connectivity index (χ2v) is 4.05. The Morgan fingerprint density at radius 3 is 2.81 bits per heavy atom. The van der Waals surface area contributed by atoms with Crippen molar-refractivity contribution in [2.24, 2.45) is 0 Å². The van der Waals surface area contributed by atoms with Crippen LogP contribution in [0.5, 0.6) is 5.75 Å². The maximum Gasteiger partial charge on any atom is 0.115 e. The number of benzene rings is 1. The number of phenols is 1. The number of hydrogen-bond donors (Lipinski definition) is 2. The van der Waals surface area contributed by atoms with Gasteiger partial charge in [0.15, 0.2) is 0 Å². The van der Waals surface area contributed by atoms with Gasteiger partial charge in [-0.2, -0.15) is 0 Å². The lowest BCUT2D eigenvalue weighted by Gasteiger charge is -2.30. The number of morpholine rings is 1. The third-order valence-corrected chi connectivity index (χ3v) is 2.76. The zero-order chi connectivity index (χ0) is 11.4. The minimum Gasteiger partial charge on any atom is -0.508 e. The summed E-state index contributed by atoms with van der Waals surface area (Å²) in [4.78, 5) is 0. The zero-order valence-electron chi connectivity index (χ0n) is 9.52. The normalized spacial score (nSPS) is 19.6. The van der Waals surface area contributed by atoms with E-state index in [9.17, 15) is 5.11 Å². The summed E-state index contributed by atoms with van der Waals surface area (Å²) in [6.07, 6.45) is 0. The van der Waals surface area contributed by atoms with Crippen LogP contribution in [0.3, 0.4) is 0 Å². The van der Waals surface area contributed by atoms with Crippen LogP contribution in [0.25, 0.3) is 0 Å². The quantitative estimate of drug-likeness (QED) is 0.809. The van der Waals surface area contributed by atoms with Gasteiger partial charge in [-0.25, -0.2) is 10.4 Å². The molecule has 2 rings (SSSR count). The summed E-state index contributed by atoms with van der Waals surface area (Å²) in [5.41, 5.74) is 4.49. The average Bonchev–Trinajstić information content (AvgIpc) is 2.30. The molecule has 0 aliphatic carbocycles. The van der Waals surface area contributed by atoms with Gasteiger partial charge in [-0.05, 0) is 24.6 Å². The Bertz CT molecular complexity index is 338. The van der Waals surface area contributed by atoms with Crippen molar-refractivity contribution in [2.75, 3.05) is 26.3 Å². The number of aromatic hydroxyl groups is 1. The summed E-state index contributed by atoms with van der Waals surface area (Å²) < 4.78 is 5.28. The van der Waals surface area contributed by atoms with Gasteiger partial charge in [-0.3, -0.25) is 0 Å². The highest BCUT2D eigenvalue weighted by Crippen LogP contribution is 2.18. The van der Waals surface area contributed by atoms with Crippen molar-refractivity contribution in [1.29, 1.82) is 0 Å². The van der Waals surface area contributed by atoms with Crippen molar-refractivity contribution in [2.45, 2.75) is 13.0 Å². The van der Waals surface area contributed by atoms with Crippen LogP contribution in [0.2, 0.25) is 0 Å². The molecule has 1 saturated heterocycles. The van der Waals surface area contributed by atoms with Crippen molar-refractivity contribution < 1.29 is 9.84 Å². The van der Waals surface area contributed by atoms with Crippen LogP contribution in [0, 0.1) is 0 Å². The number of phenolic OH excluding ortho intramolecular Hbond substituents is 1. The minimum atomic E-state index is 0.199. The molecule has 2 N–H and O–H groups in total. The Balaban J connectivity index is 1.94. The summed E-state index contributed by atoms with van der Waals surface area (Å²) in [7, 11) is 0. The fourth-order valence-corrected chi connectivity index (χ4v) is 1.83. The van der Waals surface area contributed by atoms with Gasteiger partial charge in [0.1, 0.15) is 5.75 Å². The second kappa shape index (κ2) is 5.30. The first-order chi connectivity index (χ1) is 7.75. The summed E-state index contributed by atoms with van der Waals surface area (Å²) in [5.74, 6) is 0.313. The molecule has 0 spiro atoms. The van der Waals surface area contributed by atoms with Crippen LogP contribution in [0.4, 0.5) is 0 Å². The largest absolute Gasteiger partial charge is 0.508 e. The maximum absolute atomic E-state index is 9.41. The van der Waals surface area contributed by atoms with Crippen LogP contribution in [0.15, 0.2) is 24.3 Å². The van der Waals surface area contributed by atoms with Gasteiger partial charge in [0.2, 0.25) is 0 Å². The summed E-state index contributed by atoms with van der Waals surface area (Å²) >= 11 is 0. The first-order valence-corrected chi connectivity index (χ1v) is 5.63. The molecule has 0 amide bonds. The molecular weight excluding hydrogens is 204 g/mol. The van der Waals surface area contributed by atoms with Crippen molar-refractivity contribution in [1.82, 2.24) is 10.4 Å².